The molecule has 250 valence electrons. The number of ether oxygens (including phenoxy) is 1. The van der Waals surface area contributed by atoms with Crippen LogP contribution in [0.25, 0.3) is 10.8 Å². The number of fused-ring (bicyclic) bond motifs is 1. The molecule has 0 aliphatic heterocycles. The first-order chi connectivity index (χ1) is 21.8. The van der Waals surface area contributed by atoms with Gasteiger partial charge in [0.25, 0.3) is 11.8 Å². The fourth-order valence-corrected chi connectivity index (χ4v) is 5.74. The Bertz CT molecular complexity index is 1590. The zero-order valence-electron chi connectivity index (χ0n) is 26.9. The maximum Gasteiger partial charge on any atom is 0.335 e. The minimum atomic E-state index is -3.88. The molecule has 3 N–H and O–H groups in total. The molecular formula is C35H46N2O8S. The zero-order chi connectivity index (χ0) is 33.7. The summed E-state index contributed by atoms with van der Waals surface area (Å²) in [6, 6.07) is 20.7. The first-order valence-corrected chi connectivity index (χ1v) is 17.6. The molecular weight excluding hydrogens is 608 g/mol. The first-order valence-electron chi connectivity index (χ1n) is 15.7. The lowest BCUT2D eigenvalue weighted by molar-refractivity contribution is -0.167. The third-order valence-electron chi connectivity index (χ3n) is 7.91. The SMILES string of the molecule is Cc1ccc(CCCCCO[C@@H](C(=O)N(CCCCCc2ccc3ccccc3c2)CC(=O)NS(C)(=O)=O)[C@@H](O)C(=O)O)cc1C. The van der Waals surface area contributed by atoms with E-state index in [9.17, 15) is 33.0 Å². The molecule has 2 amide bonds. The Morgan fingerprint density at radius 2 is 1.46 bits per heavy atom. The Morgan fingerprint density at radius 1 is 0.826 bits per heavy atom. The first kappa shape index (κ1) is 36.7. The lowest BCUT2D eigenvalue weighted by Crippen LogP contribution is -2.52. The second-order valence-corrected chi connectivity index (χ2v) is 13.6. The normalized spacial score (nSPS) is 12.9. The summed E-state index contributed by atoms with van der Waals surface area (Å²) in [5, 5.41) is 22.2. The van der Waals surface area contributed by atoms with Crippen LogP contribution in [0.2, 0.25) is 0 Å². The Hall–Kier alpha value is -3.80. The van der Waals surface area contributed by atoms with Crippen LogP contribution in [0.3, 0.4) is 0 Å². The number of unbranched alkanes of at least 4 members (excludes halogenated alkanes) is 4. The summed E-state index contributed by atoms with van der Waals surface area (Å²) in [6.07, 6.45) is 2.71. The number of hydrogen-bond acceptors (Lipinski definition) is 7. The van der Waals surface area contributed by atoms with Crippen molar-refractivity contribution in [1.82, 2.24) is 9.62 Å². The summed E-state index contributed by atoms with van der Waals surface area (Å²) in [6.45, 7) is 3.58. The molecule has 0 saturated heterocycles. The lowest BCUT2D eigenvalue weighted by Gasteiger charge is -2.28. The number of aryl methyl sites for hydroxylation is 4. The van der Waals surface area contributed by atoms with E-state index < -0.39 is 46.6 Å². The molecule has 46 heavy (non-hydrogen) atoms. The van der Waals surface area contributed by atoms with Gasteiger partial charge in [-0.05, 0) is 85.4 Å². The predicted molar refractivity (Wildman–Crippen MR) is 178 cm³/mol. The van der Waals surface area contributed by atoms with Crippen molar-refractivity contribution in [2.24, 2.45) is 0 Å². The second kappa shape index (κ2) is 17.8. The van der Waals surface area contributed by atoms with Crippen molar-refractivity contribution in [3.05, 3.63) is 82.9 Å². The van der Waals surface area contributed by atoms with E-state index in [1.54, 1.807) is 0 Å². The number of amides is 2. The van der Waals surface area contributed by atoms with Crippen LogP contribution in [0.4, 0.5) is 0 Å². The quantitative estimate of drug-likeness (QED) is 0.162. The topological polar surface area (TPSA) is 150 Å². The number of nitrogens with one attached hydrogen (secondary N) is 1. The number of aliphatic hydroxyl groups excluding tert-OH is 1. The number of carboxylic acids is 1. The van der Waals surface area contributed by atoms with Gasteiger partial charge in [0, 0.05) is 13.2 Å². The molecule has 3 aromatic rings. The number of hydrogen-bond donors (Lipinski definition) is 3. The smallest absolute Gasteiger partial charge is 0.335 e. The number of carbonyl (C=O) groups excluding carboxylic acids is 2. The molecule has 0 aliphatic rings. The van der Waals surface area contributed by atoms with Gasteiger partial charge >= 0.3 is 5.97 Å². The molecule has 2 atom stereocenters. The van der Waals surface area contributed by atoms with Crippen LogP contribution in [-0.2, 0) is 42.0 Å². The highest BCUT2D eigenvalue weighted by atomic mass is 32.2. The largest absolute Gasteiger partial charge is 0.479 e. The molecule has 3 rings (SSSR count). The zero-order valence-corrected chi connectivity index (χ0v) is 27.7. The predicted octanol–water partition coefficient (Wildman–Crippen LogP) is 4.32. The fraction of sp³-hybridized carbons (Fsp3) is 0.457. The van der Waals surface area contributed by atoms with Gasteiger partial charge in [-0.1, -0.05) is 73.5 Å². The highest BCUT2D eigenvalue weighted by Crippen LogP contribution is 2.18. The average molecular weight is 655 g/mol. The van der Waals surface area contributed by atoms with E-state index in [1.165, 1.54) is 22.3 Å². The van der Waals surface area contributed by atoms with Crippen molar-refractivity contribution in [3.63, 3.8) is 0 Å². The number of benzene rings is 3. The van der Waals surface area contributed by atoms with Crippen LogP contribution in [0.15, 0.2) is 60.7 Å². The third-order valence-corrected chi connectivity index (χ3v) is 8.51. The molecule has 0 fully saturated rings. The summed E-state index contributed by atoms with van der Waals surface area (Å²) in [7, 11) is -3.88. The van der Waals surface area contributed by atoms with Gasteiger partial charge in [-0.15, -0.1) is 0 Å². The molecule has 10 nitrogen and oxygen atoms in total. The van der Waals surface area contributed by atoms with Crippen molar-refractivity contribution in [3.8, 4) is 0 Å². The van der Waals surface area contributed by atoms with Crippen molar-refractivity contribution in [2.75, 3.05) is 26.0 Å². The number of carboxylic acid groups (broad SMARTS) is 1. The highest BCUT2D eigenvalue weighted by Gasteiger charge is 2.36. The van der Waals surface area contributed by atoms with Crippen LogP contribution in [0.5, 0.6) is 0 Å². The standard InChI is InChI=1S/C35H46N2O8S/c1-25-16-17-27(22-26(25)2)12-7-5-11-21-45-33(32(39)35(41)42)34(40)37(24-31(38)36-46(3,43)44)20-10-4-6-13-28-18-19-29-14-8-9-15-30(29)23-28/h8-9,14-19,22-23,32-33,39H,4-7,10-13,20-21,24H2,1-3H3,(H,36,38)(H,41,42)/t32-,33-/m1/s1. The number of rotatable bonds is 19. The van der Waals surface area contributed by atoms with E-state index in [1.807, 2.05) is 16.9 Å². The van der Waals surface area contributed by atoms with Crippen molar-refractivity contribution < 1.29 is 37.8 Å². The Morgan fingerprint density at radius 3 is 2.11 bits per heavy atom. The van der Waals surface area contributed by atoms with Gasteiger partial charge in [0.05, 0.1) is 6.26 Å². The van der Waals surface area contributed by atoms with E-state index >= 15 is 0 Å². The van der Waals surface area contributed by atoms with E-state index in [4.69, 9.17) is 4.74 Å². The molecule has 0 spiro atoms. The minimum absolute atomic E-state index is 0.0306. The third kappa shape index (κ3) is 12.2. The molecule has 0 aliphatic carbocycles. The Labute approximate surface area is 271 Å². The van der Waals surface area contributed by atoms with Crippen LogP contribution >= 0.6 is 0 Å². The monoisotopic (exact) mass is 654 g/mol. The summed E-state index contributed by atoms with van der Waals surface area (Å²) >= 11 is 0. The van der Waals surface area contributed by atoms with Crippen LogP contribution in [0, 0.1) is 13.8 Å². The van der Waals surface area contributed by atoms with Gasteiger partial charge in [-0.25, -0.2) is 13.2 Å². The van der Waals surface area contributed by atoms with Gasteiger partial charge in [0.2, 0.25) is 10.0 Å². The molecule has 3 aromatic carbocycles. The van der Waals surface area contributed by atoms with Crippen molar-refractivity contribution in [1.29, 1.82) is 0 Å². The Balaban J connectivity index is 1.57. The molecule has 0 bridgehead atoms. The number of aliphatic carboxylic acids is 1. The number of sulfonamides is 1. The van der Waals surface area contributed by atoms with Gasteiger partial charge in [-0.2, -0.15) is 0 Å². The lowest BCUT2D eigenvalue weighted by atomic mass is 10.0. The van der Waals surface area contributed by atoms with Gasteiger partial charge in [0.1, 0.15) is 6.54 Å². The van der Waals surface area contributed by atoms with Crippen LogP contribution in [-0.4, -0.2) is 79.5 Å². The molecule has 0 saturated carbocycles. The highest BCUT2D eigenvalue weighted by molar-refractivity contribution is 7.89. The van der Waals surface area contributed by atoms with E-state index in [2.05, 4.69) is 62.4 Å². The molecule has 0 unspecified atom stereocenters. The van der Waals surface area contributed by atoms with Crippen LogP contribution < -0.4 is 4.72 Å². The van der Waals surface area contributed by atoms with Gasteiger partial charge < -0.3 is 19.8 Å². The number of aliphatic hydroxyl groups is 1. The summed E-state index contributed by atoms with van der Waals surface area (Å²) in [5.41, 5.74) is 4.85. The summed E-state index contributed by atoms with van der Waals surface area (Å²) in [5.74, 6) is -3.46. The maximum atomic E-state index is 13.5. The van der Waals surface area contributed by atoms with Crippen molar-refractivity contribution in [2.45, 2.75) is 77.4 Å². The molecule has 0 heterocycles. The number of carbonyl (C=O) groups is 3. The Kier molecular flexibility index (Phi) is 14.2. The van der Waals surface area contributed by atoms with E-state index in [-0.39, 0.29) is 13.2 Å². The molecule has 11 heteroatoms. The van der Waals surface area contributed by atoms with Gasteiger partial charge in [-0.3, -0.25) is 14.3 Å². The minimum Gasteiger partial charge on any atom is -0.479 e. The summed E-state index contributed by atoms with van der Waals surface area (Å²) < 4.78 is 30.7. The second-order valence-electron chi connectivity index (χ2n) is 11.9. The molecule has 0 radical (unpaired) electrons. The van der Waals surface area contributed by atoms with Crippen LogP contribution in [0.1, 0.15) is 60.8 Å². The van der Waals surface area contributed by atoms with E-state index in [0.717, 1.165) is 54.0 Å². The average Bonchev–Trinajstić information content (AvgIpc) is 3.00. The summed E-state index contributed by atoms with van der Waals surface area (Å²) in [4.78, 5) is 38.7. The number of nitrogens with zero attached hydrogens (tertiary/aromatic N) is 1. The fourth-order valence-electron chi connectivity index (χ4n) is 5.27. The van der Waals surface area contributed by atoms with Gasteiger partial charge in [0.15, 0.2) is 12.2 Å². The van der Waals surface area contributed by atoms with Crippen molar-refractivity contribution >= 4 is 38.6 Å². The molecule has 0 aromatic heterocycles. The maximum absolute atomic E-state index is 13.5. The van der Waals surface area contributed by atoms with E-state index in [0.29, 0.717) is 19.3 Å².